The Morgan fingerprint density at radius 1 is 1.21 bits per heavy atom. The number of hydrogen-bond acceptors (Lipinski definition) is 3. The SMILES string of the molecule is CC(=O)Nc1ccc(CNC(C)(C)CC(N)=O)cc1. The minimum absolute atomic E-state index is 0.0894. The first-order valence-corrected chi connectivity index (χ1v) is 6.18. The summed E-state index contributed by atoms with van der Waals surface area (Å²) in [6.07, 6.45) is 0.289. The van der Waals surface area contributed by atoms with Gasteiger partial charge in [0.25, 0.3) is 0 Å². The van der Waals surface area contributed by atoms with Gasteiger partial charge in [0.15, 0.2) is 0 Å². The molecule has 0 unspecified atom stereocenters. The first-order chi connectivity index (χ1) is 8.78. The third kappa shape index (κ3) is 6.01. The number of primary amides is 1. The van der Waals surface area contributed by atoms with Crippen LogP contribution in [-0.2, 0) is 16.1 Å². The first-order valence-electron chi connectivity index (χ1n) is 6.18. The first kappa shape index (κ1) is 15.2. The summed E-state index contributed by atoms with van der Waals surface area (Å²) in [7, 11) is 0. The number of benzene rings is 1. The number of carbonyl (C=O) groups excluding carboxylic acids is 2. The quantitative estimate of drug-likeness (QED) is 0.725. The molecule has 0 radical (unpaired) electrons. The molecule has 19 heavy (non-hydrogen) atoms. The molecule has 0 saturated heterocycles. The number of amides is 2. The van der Waals surface area contributed by atoms with Crippen LogP contribution in [0.2, 0.25) is 0 Å². The highest BCUT2D eigenvalue weighted by atomic mass is 16.1. The molecule has 0 aliphatic heterocycles. The standard InChI is InChI=1S/C14H21N3O2/c1-10(18)17-12-6-4-11(5-7-12)9-16-14(2,3)8-13(15)19/h4-7,16H,8-9H2,1-3H3,(H2,15,19)(H,17,18). The van der Waals surface area contributed by atoms with Crippen molar-refractivity contribution in [1.29, 1.82) is 0 Å². The lowest BCUT2D eigenvalue weighted by atomic mass is 10.00. The van der Waals surface area contributed by atoms with Gasteiger partial charge in [-0.1, -0.05) is 12.1 Å². The van der Waals surface area contributed by atoms with Crippen molar-refractivity contribution in [3.05, 3.63) is 29.8 Å². The Morgan fingerprint density at radius 3 is 2.26 bits per heavy atom. The average Bonchev–Trinajstić information content (AvgIpc) is 2.25. The van der Waals surface area contributed by atoms with E-state index in [1.165, 1.54) is 6.92 Å². The second-order valence-electron chi connectivity index (χ2n) is 5.26. The molecule has 1 aromatic carbocycles. The summed E-state index contributed by atoms with van der Waals surface area (Å²) in [5.74, 6) is -0.410. The molecule has 1 rings (SSSR count). The monoisotopic (exact) mass is 263 g/mol. The third-order valence-corrected chi connectivity index (χ3v) is 2.66. The van der Waals surface area contributed by atoms with Crippen molar-refractivity contribution in [2.24, 2.45) is 5.73 Å². The van der Waals surface area contributed by atoms with Gasteiger partial charge < -0.3 is 16.4 Å². The molecule has 104 valence electrons. The van der Waals surface area contributed by atoms with E-state index in [-0.39, 0.29) is 23.8 Å². The lowest BCUT2D eigenvalue weighted by Crippen LogP contribution is -2.42. The summed E-state index contributed by atoms with van der Waals surface area (Å²) in [4.78, 5) is 21.8. The van der Waals surface area contributed by atoms with Crippen LogP contribution in [0.3, 0.4) is 0 Å². The number of carbonyl (C=O) groups is 2. The lowest BCUT2D eigenvalue weighted by molar-refractivity contribution is -0.119. The molecule has 0 atom stereocenters. The average molecular weight is 263 g/mol. The molecule has 2 amide bonds. The maximum Gasteiger partial charge on any atom is 0.221 e. The molecule has 0 fully saturated rings. The van der Waals surface area contributed by atoms with Crippen molar-refractivity contribution in [3.63, 3.8) is 0 Å². The molecule has 5 nitrogen and oxygen atoms in total. The van der Waals surface area contributed by atoms with Gasteiger partial charge in [0.1, 0.15) is 0 Å². The fourth-order valence-electron chi connectivity index (χ4n) is 1.75. The summed E-state index contributed by atoms with van der Waals surface area (Å²) in [5.41, 5.74) is 6.71. The Labute approximate surface area is 113 Å². The zero-order valence-electron chi connectivity index (χ0n) is 11.6. The zero-order chi connectivity index (χ0) is 14.5. The predicted octanol–water partition coefficient (Wildman–Crippen LogP) is 1.39. The predicted molar refractivity (Wildman–Crippen MR) is 75.5 cm³/mol. The molecule has 0 aromatic heterocycles. The maximum absolute atomic E-state index is 10.9. The van der Waals surface area contributed by atoms with E-state index in [9.17, 15) is 9.59 Å². The van der Waals surface area contributed by atoms with E-state index >= 15 is 0 Å². The Kier molecular flexibility index (Phi) is 5.06. The van der Waals surface area contributed by atoms with Crippen molar-refractivity contribution in [2.45, 2.75) is 39.3 Å². The van der Waals surface area contributed by atoms with Crippen LogP contribution in [0.4, 0.5) is 5.69 Å². The molecule has 0 heterocycles. The zero-order valence-corrected chi connectivity index (χ0v) is 11.6. The smallest absolute Gasteiger partial charge is 0.221 e. The Hall–Kier alpha value is -1.88. The van der Waals surface area contributed by atoms with Crippen molar-refractivity contribution in [2.75, 3.05) is 5.32 Å². The van der Waals surface area contributed by atoms with Gasteiger partial charge in [0.2, 0.25) is 11.8 Å². The van der Waals surface area contributed by atoms with Gasteiger partial charge >= 0.3 is 0 Å². The van der Waals surface area contributed by atoms with Gasteiger partial charge in [-0.05, 0) is 31.5 Å². The molecule has 5 heteroatoms. The van der Waals surface area contributed by atoms with Crippen LogP contribution < -0.4 is 16.4 Å². The molecule has 0 aliphatic rings. The van der Waals surface area contributed by atoms with Crippen molar-refractivity contribution in [1.82, 2.24) is 5.32 Å². The second-order valence-corrected chi connectivity index (χ2v) is 5.26. The number of nitrogens with two attached hydrogens (primary N) is 1. The molecule has 0 aliphatic carbocycles. The van der Waals surface area contributed by atoms with Gasteiger partial charge in [-0.2, -0.15) is 0 Å². The highest BCUT2D eigenvalue weighted by Gasteiger charge is 2.19. The highest BCUT2D eigenvalue weighted by Crippen LogP contribution is 2.12. The van der Waals surface area contributed by atoms with Crippen LogP contribution in [0.15, 0.2) is 24.3 Å². The van der Waals surface area contributed by atoms with Gasteiger partial charge in [-0.25, -0.2) is 0 Å². The fourth-order valence-corrected chi connectivity index (χ4v) is 1.75. The number of nitrogens with one attached hydrogen (secondary N) is 2. The van der Waals surface area contributed by atoms with Crippen LogP contribution in [0.5, 0.6) is 0 Å². The van der Waals surface area contributed by atoms with Crippen LogP contribution >= 0.6 is 0 Å². The summed E-state index contributed by atoms with van der Waals surface area (Å²) >= 11 is 0. The summed E-state index contributed by atoms with van der Waals surface area (Å²) in [6.45, 7) is 5.98. The summed E-state index contributed by atoms with van der Waals surface area (Å²) in [5, 5.41) is 5.99. The van der Waals surface area contributed by atoms with Gasteiger partial charge in [-0.3, -0.25) is 9.59 Å². The number of hydrogen-bond donors (Lipinski definition) is 3. The van der Waals surface area contributed by atoms with E-state index < -0.39 is 0 Å². The van der Waals surface area contributed by atoms with Gasteiger partial charge in [0.05, 0.1) is 0 Å². The van der Waals surface area contributed by atoms with E-state index in [1.807, 2.05) is 38.1 Å². The third-order valence-electron chi connectivity index (χ3n) is 2.66. The van der Waals surface area contributed by atoms with E-state index in [0.29, 0.717) is 6.54 Å². The molecule has 1 aromatic rings. The summed E-state index contributed by atoms with van der Waals surface area (Å²) < 4.78 is 0. The Balaban J connectivity index is 2.54. The maximum atomic E-state index is 10.9. The van der Waals surface area contributed by atoms with Crippen molar-refractivity contribution in [3.8, 4) is 0 Å². The molecular weight excluding hydrogens is 242 g/mol. The highest BCUT2D eigenvalue weighted by molar-refractivity contribution is 5.88. The molecule has 0 saturated carbocycles. The topological polar surface area (TPSA) is 84.2 Å². The lowest BCUT2D eigenvalue weighted by Gasteiger charge is -2.24. The van der Waals surface area contributed by atoms with Crippen LogP contribution in [-0.4, -0.2) is 17.4 Å². The minimum Gasteiger partial charge on any atom is -0.370 e. The second kappa shape index (κ2) is 6.33. The Morgan fingerprint density at radius 2 is 1.79 bits per heavy atom. The van der Waals surface area contributed by atoms with Gasteiger partial charge in [0, 0.05) is 31.1 Å². The Bertz CT molecular complexity index is 452. The fraction of sp³-hybridized carbons (Fsp3) is 0.429. The van der Waals surface area contributed by atoms with Crippen molar-refractivity contribution < 1.29 is 9.59 Å². The molecule has 4 N–H and O–H groups in total. The van der Waals surface area contributed by atoms with E-state index in [2.05, 4.69) is 10.6 Å². The van der Waals surface area contributed by atoms with Crippen LogP contribution in [0, 0.1) is 0 Å². The minimum atomic E-state index is -0.331. The summed E-state index contributed by atoms with van der Waals surface area (Å²) in [6, 6.07) is 7.55. The van der Waals surface area contributed by atoms with Crippen molar-refractivity contribution >= 4 is 17.5 Å². The van der Waals surface area contributed by atoms with E-state index in [4.69, 9.17) is 5.73 Å². The van der Waals surface area contributed by atoms with Crippen LogP contribution in [0.1, 0.15) is 32.8 Å². The number of anilines is 1. The van der Waals surface area contributed by atoms with Crippen LogP contribution in [0.25, 0.3) is 0 Å². The normalized spacial score (nSPS) is 11.1. The molecular formula is C14H21N3O2. The largest absolute Gasteiger partial charge is 0.370 e. The van der Waals surface area contributed by atoms with Gasteiger partial charge in [-0.15, -0.1) is 0 Å². The molecule has 0 spiro atoms. The van der Waals surface area contributed by atoms with E-state index in [1.54, 1.807) is 0 Å². The number of rotatable bonds is 6. The van der Waals surface area contributed by atoms with E-state index in [0.717, 1.165) is 11.3 Å². The molecule has 0 bridgehead atoms.